The van der Waals surface area contributed by atoms with Crippen LogP contribution in [0.3, 0.4) is 0 Å². The van der Waals surface area contributed by atoms with E-state index in [9.17, 15) is 22.8 Å². The van der Waals surface area contributed by atoms with E-state index >= 15 is 0 Å². The zero-order chi connectivity index (χ0) is 25.4. The lowest BCUT2D eigenvalue weighted by Gasteiger charge is -2.39. The Bertz CT molecular complexity index is 1240. The topological polar surface area (TPSA) is 67.9 Å². The third kappa shape index (κ3) is 5.85. The van der Waals surface area contributed by atoms with Crippen LogP contribution in [-0.4, -0.2) is 41.6 Å². The second-order valence-electron chi connectivity index (χ2n) is 9.37. The fourth-order valence-corrected chi connectivity index (χ4v) is 3.71. The number of nitrogens with one attached hydrogen (secondary N) is 1. The van der Waals surface area contributed by atoms with Gasteiger partial charge in [0, 0.05) is 24.0 Å². The number of hydrogen-bond donors (Lipinski definition) is 1. The SMILES string of the molecule is CC(C)(C)OC(=O)NC1CN(C(=O)c2ccc3c(Oc4ccc(C(F)(F)F)cc4)cccc3c2)C1. The van der Waals surface area contributed by atoms with Crippen LogP contribution in [0.5, 0.6) is 11.5 Å². The highest BCUT2D eigenvalue weighted by molar-refractivity contribution is 6.00. The van der Waals surface area contributed by atoms with Crippen LogP contribution in [0.4, 0.5) is 18.0 Å². The number of benzene rings is 3. The zero-order valence-electron chi connectivity index (χ0n) is 19.5. The summed E-state index contributed by atoms with van der Waals surface area (Å²) in [6.45, 7) is 6.11. The summed E-state index contributed by atoms with van der Waals surface area (Å²) >= 11 is 0. The smallest absolute Gasteiger partial charge is 0.416 e. The quantitative estimate of drug-likeness (QED) is 0.491. The van der Waals surface area contributed by atoms with Gasteiger partial charge in [-0.05, 0) is 74.7 Å². The van der Waals surface area contributed by atoms with Crippen molar-refractivity contribution in [1.29, 1.82) is 0 Å². The van der Waals surface area contributed by atoms with E-state index in [1.54, 1.807) is 56.0 Å². The van der Waals surface area contributed by atoms with E-state index in [4.69, 9.17) is 9.47 Å². The molecule has 0 unspecified atom stereocenters. The molecule has 6 nitrogen and oxygen atoms in total. The highest BCUT2D eigenvalue weighted by Crippen LogP contribution is 2.34. The number of nitrogens with zero attached hydrogens (tertiary/aromatic N) is 1. The average Bonchev–Trinajstić information content (AvgIpc) is 2.74. The summed E-state index contributed by atoms with van der Waals surface area (Å²) in [6, 6.07) is 14.8. The standard InChI is InChI=1S/C26H25F3N2O4/c1-25(2,3)35-24(33)30-19-14-31(15-19)23(32)17-7-12-21-16(13-17)5-4-6-22(21)34-20-10-8-18(9-11-20)26(27,28)29/h4-13,19H,14-15H2,1-3H3,(H,30,33). The fourth-order valence-electron chi connectivity index (χ4n) is 3.71. The van der Waals surface area contributed by atoms with Gasteiger partial charge in [-0.15, -0.1) is 0 Å². The van der Waals surface area contributed by atoms with Crippen LogP contribution in [0.15, 0.2) is 60.7 Å². The monoisotopic (exact) mass is 486 g/mol. The lowest BCUT2D eigenvalue weighted by atomic mass is 10.0. The van der Waals surface area contributed by atoms with Gasteiger partial charge in [0.2, 0.25) is 0 Å². The number of ether oxygens (including phenoxy) is 2. The van der Waals surface area contributed by atoms with Crippen molar-refractivity contribution in [2.24, 2.45) is 0 Å². The molecule has 2 amide bonds. The van der Waals surface area contributed by atoms with Crippen LogP contribution < -0.4 is 10.1 Å². The Balaban J connectivity index is 1.42. The zero-order valence-corrected chi connectivity index (χ0v) is 19.5. The molecule has 0 bridgehead atoms. The van der Waals surface area contributed by atoms with Crippen LogP contribution in [0.2, 0.25) is 0 Å². The summed E-state index contributed by atoms with van der Waals surface area (Å²) < 4.78 is 49.4. The Morgan fingerprint density at radius 3 is 2.29 bits per heavy atom. The molecule has 0 atom stereocenters. The number of halogens is 3. The molecule has 35 heavy (non-hydrogen) atoms. The molecule has 1 saturated heterocycles. The molecule has 184 valence electrons. The molecule has 0 spiro atoms. The highest BCUT2D eigenvalue weighted by atomic mass is 19.4. The highest BCUT2D eigenvalue weighted by Gasteiger charge is 2.33. The summed E-state index contributed by atoms with van der Waals surface area (Å²) in [4.78, 5) is 26.4. The molecule has 3 aromatic rings. The summed E-state index contributed by atoms with van der Waals surface area (Å²) in [7, 11) is 0. The molecule has 1 aliphatic heterocycles. The van der Waals surface area contributed by atoms with Gasteiger partial charge >= 0.3 is 12.3 Å². The van der Waals surface area contributed by atoms with E-state index < -0.39 is 23.4 Å². The number of likely N-dealkylation sites (tertiary alicyclic amines) is 1. The summed E-state index contributed by atoms with van der Waals surface area (Å²) in [5.41, 5.74) is -0.857. The molecule has 1 aliphatic rings. The first-order valence-electron chi connectivity index (χ1n) is 11.1. The van der Waals surface area contributed by atoms with Gasteiger partial charge in [-0.3, -0.25) is 4.79 Å². The van der Waals surface area contributed by atoms with Gasteiger partial charge in [0.1, 0.15) is 17.1 Å². The lowest BCUT2D eigenvalue weighted by molar-refractivity contribution is -0.137. The molecular formula is C26H25F3N2O4. The van der Waals surface area contributed by atoms with Gasteiger partial charge in [0.15, 0.2) is 0 Å². The van der Waals surface area contributed by atoms with Crippen molar-refractivity contribution in [3.05, 3.63) is 71.8 Å². The number of carbonyl (C=O) groups is 2. The molecule has 0 aliphatic carbocycles. The Morgan fingerprint density at radius 2 is 1.66 bits per heavy atom. The van der Waals surface area contributed by atoms with Crippen molar-refractivity contribution in [2.45, 2.75) is 38.6 Å². The molecule has 1 heterocycles. The van der Waals surface area contributed by atoms with Gasteiger partial charge in [0.25, 0.3) is 5.91 Å². The maximum Gasteiger partial charge on any atom is 0.416 e. The first-order chi connectivity index (χ1) is 16.4. The van der Waals surface area contributed by atoms with Gasteiger partial charge in [-0.25, -0.2) is 4.79 Å². The summed E-state index contributed by atoms with van der Waals surface area (Å²) in [5.74, 6) is 0.574. The predicted molar refractivity (Wildman–Crippen MR) is 125 cm³/mol. The third-order valence-corrected chi connectivity index (χ3v) is 5.39. The average molecular weight is 486 g/mol. The van der Waals surface area contributed by atoms with Gasteiger partial charge in [0.05, 0.1) is 11.6 Å². The maximum absolute atomic E-state index is 12.9. The van der Waals surface area contributed by atoms with Crippen molar-refractivity contribution in [2.75, 3.05) is 13.1 Å². The minimum Gasteiger partial charge on any atom is -0.457 e. The summed E-state index contributed by atoms with van der Waals surface area (Å²) in [5, 5.41) is 4.22. The van der Waals surface area contributed by atoms with Crippen LogP contribution >= 0.6 is 0 Å². The van der Waals surface area contributed by atoms with E-state index in [0.717, 1.165) is 22.9 Å². The predicted octanol–water partition coefficient (Wildman–Crippen LogP) is 6.00. The van der Waals surface area contributed by atoms with Crippen molar-refractivity contribution in [1.82, 2.24) is 10.2 Å². The van der Waals surface area contributed by atoms with Crippen LogP contribution in [-0.2, 0) is 10.9 Å². The van der Waals surface area contributed by atoms with E-state index in [1.807, 2.05) is 6.07 Å². The molecule has 4 rings (SSSR count). The van der Waals surface area contributed by atoms with E-state index in [-0.39, 0.29) is 17.7 Å². The minimum absolute atomic E-state index is 0.164. The van der Waals surface area contributed by atoms with Gasteiger partial charge in [-0.2, -0.15) is 13.2 Å². The number of alkyl carbamates (subject to hydrolysis) is 1. The molecule has 9 heteroatoms. The first-order valence-corrected chi connectivity index (χ1v) is 11.1. The van der Waals surface area contributed by atoms with Crippen molar-refractivity contribution < 1.29 is 32.2 Å². The van der Waals surface area contributed by atoms with Crippen molar-refractivity contribution in [3.63, 3.8) is 0 Å². The minimum atomic E-state index is -4.41. The van der Waals surface area contributed by atoms with Gasteiger partial charge in [-0.1, -0.05) is 12.1 Å². The molecule has 1 N–H and O–H groups in total. The van der Waals surface area contributed by atoms with Gasteiger partial charge < -0.3 is 19.7 Å². The Kier molecular flexibility index (Phi) is 6.36. The summed E-state index contributed by atoms with van der Waals surface area (Å²) in [6.07, 6.45) is -4.93. The normalized spacial score (nSPS) is 14.4. The van der Waals surface area contributed by atoms with Crippen molar-refractivity contribution in [3.8, 4) is 11.5 Å². The molecular weight excluding hydrogens is 461 g/mol. The molecule has 0 radical (unpaired) electrons. The largest absolute Gasteiger partial charge is 0.457 e. The van der Waals surface area contributed by atoms with Crippen molar-refractivity contribution >= 4 is 22.8 Å². The number of hydrogen-bond acceptors (Lipinski definition) is 4. The maximum atomic E-state index is 12.9. The number of carbonyl (C=O) groups excluding carboxylic acids is 2. The van der Waals surface area contributed by atoms with E-state index in [0.29, 0.717) is 24.4 Å². The number of rotatable bonds is 4. The molecule has 3 aromatic carbocycles. The van der Waals surface area contributed by atoms with Crippen LogP contribution in [0, 0.1) is 0 Å². The number of amides is 2. The second kappa shape index (κ2) is 9.13. The third-order valence-electron chi connectivity index (χ3n) is 5.39. The fraction of sp³-hybridized carbons (Fsp3) is 0.308. The van der Waals surface area contributed by atoms with Crippen LogP contribution in [0.1, 0.15) is 36.7 Å². The lowest BCUT2D eigenvalue weighted by Crippen LogP contribution is -2.61. The Morgan fingerprint density at radius 1 is 0.971 bits per heavy atom. The van der Waals surface area contributed by atoms with E-state index in [2.05, 4.69) is 5.32 Å². The number of alkyl halides is 3. The first kappa shape index (κ1) is 24.4. The van der Waals surface area contributed by atoms with E-state index in [1.165, 1.54) is 12.1 Å². The molecule has 0 aromatic heterocycles. The van der Waals surface area contributed by atoms with Crippen LogP contribution in [0.25, 0.3) is 10.8 Å². The molecule has 1 fully saturated rings. The Labute approximate surface area is 200 Å². The second-order valence-corrected chi connectivity index (χ2v) is 9.37. The Hall–Kier alpha value is -3.75. The molecule has 0 saturated carbocycles. The number of fused-ring (bicyclic) bond motifs is 1.